The normalized spacial score (nSPS) is 23.7. The van der Waals surface area contributed by atoms with Gasteiger partial charge in [0.05, 0.1) is 0 Å². The summed E-state index contributed by atoms with van der Waals surface area (Å²) in [7, 11) is 1.98. The van der Waals surface area contributed by atoms with E-state index in [-0.39, 0.29) is 5.41 Å². The number of carbonyl (C=O) groups is 1. The fourth-order valence-electron chi connectivity index (χ4n) is 3.76. The average molecular weight is 310 g/mol. The minimum absolute atomic E-state index is 0.240. The van der Waals surface area contributed by atoms with Gasteiger partial charge in [0.1, 0.15) is 0 Å². The molecule has 0 aromatic rings. The molecule has 0 bridgehead atoms. The third kappa shape index (κ3) is 4.95. The summed E-state index contributed by atoms with van der Waals surface area (Å²) in [4.78, 5) is 17.0. The number of likely N-dealkylation sites (tertiary alicyclic amines) is 1. The first kappa shape index (κ1) is 17.7. The zero-order valence-electron chi connectivity index (χ0n) is 14.9. The summed E-state index contributed by atoms with van der Waals surface area (Å²) in [6.07, 6.45) is 5.20. The Morgan fingerprint density at radius 1 is 1.27 bits per heavy atom. The number of carbonyl (C=O) groups excluding carboxylic acids is 1. The minimum Gasteiger partial charge on any atom is -0.381 e. The van der Waals surface area contributed by atoms with E-state index in [0.717, 1.165) is 52.1 Å². The molecular formula is C18H34N2O2. The van der Waals surface area contributed by atoms with Crippen molar-refractivity contribution >= 4 is 5.91 Å². The minimum atomic E-state index is 0.240. The smallest absolute Gasteiger partial charge is 0.222 e. The van der Waals surface area contributed by atoms with E-state index in [1.165, 1.54) is 12.8 Å². The molecule has 0 atom stereocenters. The van der Waals surface area contributed by atoms with Crippen LogP contribution in [0.1, 0.15) is 52.9 Å². The molecule has 0 aliphatic carbocycles. The molecule has 0 saturated carbocycles. The zero-order chi connectivity index (χ0) is 16.2. The van der Waals surface area contributed by atoms with E-state index in [1.54, 1.807) is 0 Å². The van der Waals surface area contributed by atoms with E-state index in [4.69, 9.17) is 4.74 Å². The SMILES string of the molecule is CC(C)N1CCC(CC(=O)N(C)CC2(C)CCOCC2)CC1. The summed E-state index contributed by atoms with van der Waals surface area (Å²) in [6, 6.07) is 0.632. The van der Waals surface area contributed by atoms with E-state index in [2.05, 4.69) is 25.7 Å². The fraction of sp³-hybridized carbons (Fsp3) is 0.944. The zero-order valence-corrected chi connectivity index (χ0v) is 14.9. The van der Waals surface area contributed by atoms with E-state index < -0.39 is 0 Å². The van der Waals surface area contributed by atoms with Gasteiger partial charge < -0.3 is 14.5 Å². The molecular weight excluding hydrogens is 276 g/mol. The van der Waals surface area contributed by atoms with Crippen molar-refractivity contribution in [3.63, 3.8) is 0 Å². The van der Waals surface area contributed by atoms with Crippen molar-refractivity contribution in [2.24, 2.45) is 11.3 Å². The predicted molar refractivity (Wildman–Crippen MR) is 89.8 cm³/mol. The molecule has 0 spiro atoms. The highest BCUT2D eigenvalue weighted by Crippen LogP contribution is 2.31. The lowest BCUT2D eigenvalue weighted by molar-refractivity contribution is -0.133. The molecule has 2 aliphatic rings. The Morgan fingerprint density at radius 2 is 1.86 bits per heavy atom. The molecule has 2 fully saturated rings. The van der Waals surface area contributed by atoms with Crippen molar-refractivity contribution in [3.8, 4) is 0 Å². The van der Waals surface area contributed by atoms with Gasteiger partial charge in [-0.15, -0.1) is 0 Å². The number of piperidine rings is 1. The second kappa shape index (κ2) is 7.78. The van der Waals surface area contributed by atoms with Gasteiger partial charge in [0.2, 0.25) is 5.91 Å². The molecule has 0 aromatic carbocycles. The maximum absolute atomic E-state index is 12.5. The summed E-state index contributed by atoms with van der Waals surface area (Å²) < 4.78 is 5.45. The first-order chi connectivity index (χ1) is 10.4. The highest BCUT2D eigenvalue weighted by atomic mass is 16.5. The van der Waals surface area contributed by atoms with E-state index in [0.29, 0.717) is 17.9 Å². The summed E-state index contributed by atoms with van der Waals surface area (Å²) >= 11 is 0. The molecule has 2 aliphatic heterocycles. The molecule has 2 heterocycles. The van der Waals surface area contributed by atoms with Crippen molar-refractivity contribution in [1.29, 1.82) is 0 Å². The van der Waals surface area contributed by atoms with Gasteiger partial charge in [-0.2, -0.15) is 0 Å². The van der Waals surface area contributed by atoms with Gasteiger partial charge in [0, 0.05) is 39.3 Å². The maximum atomic E-state index is 12.5. The Morgan fingerprint density at radius 3 is 2.41 bits per heavy atom. The molecule has 1 amide bonds. The maximum Gasteiger partial charge on any atom is 0.222 e. The standard InChI is InChI=1S/C18H34N2O2/c1-15(2)20-9-5-16(6-10-20)13-17(21)19(4)14-18(3)7-11-22-12-8-18/h15-16H,5-14H2,1-4H3. The van der Waals surface area contributed by atoms with Crippen LogP contribution in [0.25, 0.3) is 0 Å². The van der Waals surface area contributed by atoms with Gasteiger partial charge >= 0.3 is 0 Å². The molecule has 128 valence electrons. The third-order valence-corrected chi connectivity index (χ3v) is 5.59. The average Bonchev–Trinajstić information content (AvgIpc) is 2.48. The molecule has 2 rings (SSSR count). The largest absolute Gasteiger partial charge is 0.381 e. The van der Waals surface area contributed by atoms with E-state index in [1.807, 2.05) is 11.9 Å². The lowest BCUT2D eigenvalue weighted by Gasteiger charge is -2.38. The van der Waals surface area contributed by atoms with Crippen molar-refractivity contribution < 1.29 is 9.53 Å². The van der Waals surface area contributed by atoms with Crippen LogP contribution in [0.15, 0.2) is 0 Å². The Labute approximate surface area is 136 Å². The monoisotopic (exact) mass is 310 g/mol. The van der Waals surface area contributed by atoms with Crippen molar-refractivity contribution in [2.75, 3.05) is 39.9 Å². The Balaban J connectivity index is 1.75. The fourth-order valence-corrected chi connectivity index (χ4v) is 3.76. The topological polar surface area (TPSA) is 32.8 Å². The first-order valence-electron chi connectivity index (χ1n) is 8.95. The van der Waals surface area contributed by atoms with Crippen LogP contribution in [0.4, 0.5) is 0 Å². The van der Waals surface area contributed by atoms with Gasteiger partial charge in [0.25, 0.3) is 0 Å². The molecule has 2 saturated heterocycles. The van der Waals surface area contributed by atoms with Crippen LogP contribution >= 0.6 is 0 Å². The van der Waals surface area contributed by atoms with Crippen molar-refractivity contribution in [1.82, 2.24) is 9.80 Å². The number of hydrogen-bond acceptors (Lipinski definition) is 3. The van der Waals surface area contributed by atoms with Crippen LogP contribution in [0, 0.1) is 11.3 Å². The van der Waals surface area contributed by atoms with Crippen LogP contribution in [0.3, 0.4) is 0 Å². The number of rotatable bonds is 5. The van der Waals surface area contributed by atoms with Gasteiger partial charge in [-0.25, -0.2) is 0 Å². The third-order valence-electron chi connectivity index (χ3n) is 5.59. The van der Waals surface area contributed by atoms with Crippen LogP contribution in [-0.2, 0) is 9.53 Å². The second-order valence-corrected chi connectivity index (χ2v) is 7.95. The predicted octanol–water partition coefficient (Wildman–Crippen LogP) is 2.77. The van der Waals surface area contributed by atoms with Gasteiger partial charge in [-0.3, -0.25) is 4.79 Å². The summed E-state index contributed by atoms with van der Waals surface area (Å²) in [5, 5.41) is 0. The van der Waals surface area contributed by atoms with E-state index >= 15 is 0 Å². The van der Waals surface area contributed by atoms with Crippen molar-refractivity contribution in [3.05, 3.63) is 0 Å². The molecule has 0 N–H and O–H groups in total. The quantitative estimate of drug-likeness (QED) is 0.783. The van der Waals surface area contributed by atoms with Crippen LogP contribution in [0.2, 0.25) is 0 Å². The van der Waals surface area contributed by atoms with E-state index in [9.17, 15) is 4.79 Å². The van der Waals surface area contributed by atoms with Crippen LogP contribution in [-0.4, -0.2) is 61.6 Å². The number of nitrogens with zero attached hydrogens (tertiary/aromatic N) is 2. The van der Waals surface area contributed by atoms with Gasteiger partial charge in [0.15, 0.2) is 0 Å². The first-order valence-corrected chi connectivity index (χ1v) is 8.95. The Hall–Kier alpha value is -0.610. The summed E-state index contributed by atoms with van der Waals surface area (Å²) in [6.45, 7) is 11.7. The molecule has 0 radical (unpaired) electrons. The molecule has 0 unspecified atom stereocenters. The number of hydrogen-bond donors (Lipinski definition) is 0. The molecule has 4 heteroatoms. The Kier molecular flexibility index (Phi) is 6.27. The number of ether oxygens (including phenoxy) is 1. The summed E-state index contributed by atoms with van der Waals surface area (Å²) in [5.74, 6) is 0.906. The molecule has 0 aromatic heterocycles. The number of amides is 1. The van der Waals surface area contributed by atoms with Gasteiger partial charge in [-0.1, -0.05) is 6.92 Å². The van der Waals surface area contributed by atoms with Gasteiger partial charge in [-0.05, 0) is 64.0 Å². The van der Waals surface area contributed by atoms with Crippen molar-refractivity contribution in [2.45, 2.75) is 58.9 Å². The second-order valence-electron chi connectivity index (χ2n) is 7.95. The highest BCUT2D eigenvalue weighted by Gasteiger charge is 2.31. The molecule has 22 heavy (non-hydrogen) atoms. The van der Waals surface area contributed by atoms with Crippen LogP contribution in [0.5, 0.6) is 0 Å². The Bertz CT molecular complexity index is 356. The van der Waals surface area contributed by atoms with Crippen LogP contribution < -0.4 is 0 Å². The molecule has 4 nitrogen and oxygen atoms in total. The lowest BCUT2D eigenvalue weighted by atomic mass is 9.82. The highest BCUT2D eigenvalue weighted by molar-refractivity contribution is 5.76. The lowest BCUT2D eigenvalue weighted by Crippen LogP contribution is -2.42. The summed E-state index contributed by atoms with van der Waals surface area (Å²) in [5.41, 5.74) is 0.240.